The zero-order valence-corrected chi connectivity index (χ0v) is 8.60. The number of halogens is 2. The number of carboxylic acids is 1. The van der Waals surface area contributed by atoms with Crippen molar-refractivity contribution in [2.24, 2.45) is 0 Å². The van der Waals surface area contributed by atoms with Gasteiger partial charge in [0.05, 0.1) is 0 Å². The molecule has 1 aromatic rings. The van der Waals surface area contributed by atoms with Gasteiger partial charge in [-0.1, -0.05) is 37.0 Å². The topological polar surface area (TPSA) is 63.1 Å². The van der Waals surface area contributed by atoms with Gasteiger partial charge in [-0.3, -0.25) is 0 Å². The van der Waals surface area contributed by atoms with E-state index in [-0.39, 0.29) is 15.9 Å². The summed E-state index contributed by atoms with van der Waals surface area (Å²) in [6.45, 7) is 4.00. The molecule has 0 radical (unpaired) electrons. The Bertz CT molecular complexity index is 305. The maximum absolute atomic E-state index is 10.3. The fourth-order valence-electron chi connectivity index (χ4n) is 0.497. The van der Waals surface area contributed by atoms with Crippen molar-refractivity contribution in [2.75, 3.05) is 0 Å². The highest BCUT2D eigenvalue weighted by Crippen LogP contribution is 2.20. The fourth-order valence-corrected chi connectivity index (χ4v) is 0.809. The minimum absolute atomic E-state index is 0.0564. The van der Waals surface area contributed by atoms with Crippen molar-refractivity contribution in [2.45, 2.75) is 13.8 Å². The van der Waals surface area contributed by atoms with Crippen LogP contribution in [0.25, 0.3) is 0 Å². The van der Waals surface area contributed by atoms with E-state index in [0.29, 0.717) is 0 Å². The lowest BCUT2D eigenvalue weighted by atomic mass is 10.4. The molecule has 0 aliphatic carbocycles. The molecule has 4 nitrogen and oxygen atoms in total. The predicted octanol–water partition coefficient (Wildman–Crippen LogP) is 2.51. The second kappa shape index (κ2) is 5.72. The standard InChI is InChI=1S/C5H2Cl2N2O2.C2H6/c6-2-3(5(10)11)8-1-9-4(2)7;1-2/h1H,(H,10,11);1-2H3. The first kappa shape index (κ1) is 12.1. The van der Waals surface area contributed by atoms with Gasteiger partial charge in [-0.05, 0) is 0 Å². The van der Waals surface area contributed by atoms with E-state index in [1.165, 1.54) is 0 Å². The summed E-state index contributed by atoms with van der Waals surface area (Å²) < 4.78 is 0. The van der Waals surface area contributed by atoms with E-state index in [1.54, 1.807) is 0 Å². The highest BCUT2D eigenvalue weighted by atomic mass is 35.5. The molecule has 6 heteroatoms. The van der Waals surface area contributed by atoms with Crippen LogP contribution in [0.5, 0.6) is 0 Å². The van der Waals surface area contributed by atoms with Crippen LogP contribution in [0.2, 0.25) is 10.2 Å². The minimum atomic E-state index is -1.22. The zero-order chi connectivity index (χ0) is 10.4. The third kappa shape index (κ3) is 3.16. The van der Waals surface area contributed by atoms with Gasteiger partial charge in [0, 0.05) is 0 Å². The molecule has 0 fully saturated rings. The van der Waals surface area contributed by atoms with Crippen LogP contribution in [-0.2, 0) is 0 Å². The largest absolute Gasteiger partial charge is 0.476 e. The number of carbonyl (C=O) groups is 1. The molecule has 0 spiro atoms. The first-order chi connectivity index (χ1) is 6.13. The van der Waals surface area contributed by atoms with Gasteiger partial charge in [-0.2, -0.15) is 0 Å². The Labute approximate surface area is 85.5 Å². The molecule has 13 heavy (non-hydrogen) atoms. The van der Waals surface area contributed by atoms with Crippen molar-refractivity contribution < 1.29 is 9.90 Å². The molecule has 0 aromatic carbocycles. The molecule has 1 heterocycles. The van der Waals surface area contributed by atoms with Crippen LogP contribution >= 0.6 is 23.2 Å². The Morgan fingerprint density at radius 3 is 2.31 bits per heavy atom. The summed E-state index contributed by atoms with van der Waals surface area (Å²) in [4.78, 5) is 17.2. The molecule has 1 aromatic heterocycles. The molecular formula is C7H8Cl2N2O2. The molecule has 1 N–H and O–H groups in total. The summed E-state index contributed by atoms with van der Waals surface area (Å²) in [5.41, 5.74) is -0.285. The quantitative estimate of drug-likeness (QED) is 0.743. The molecule has 0 aliphatic heterocycles. The number of nitrogens with zero attached hydrogens (tertiary/aromatic N) is 2. The molecule has 72 valence electrons. The van der Waals surface area contributed by atoms with Crippen molar-refractivity contribution in [3.05, 3.63) is 22.2 Å². The summed E-state index contributed by atoms with van der Waals surface area (Å²) in [6, 6.07) is 0. The second-order valence-electron chi connectivity index (χ2n) is 1.63. The Morgan fingerprint density at radius 1 is 1.38 bits per heavy atom. The van der Waals surface area contributed by atoms with Gasteiger partial charge >= 0.3 is 5.97 Å². The van der Waals surface area contributed by atoms with Crippen molar-refractivity contribution in [3.8, 4) is 0 Å². The molecule has 0 amide bonds. The highest BCUT2D eigenvalue weighted by Gasteiger charge is 2.12. The van der Waals surface area contributed by atoms with Gasteiger partial charge in [-0.15, -0.1) is 0 Å². The van der Waals surface area contributed by atoms with Gasteiger partial charge in [0.25, 0.3) is 0 Å². The first-order valence-corrected chi connectivity index (χ1v) is 4.28. The molecule has 0 saturated heterocycles. The van der Waals surface area contributed by atoms with Crippen LogP contribution in [0, 0.1) is 0 Å². The van der Waals surface area contributed by atoms with E-state index in [4.69, 9.17) is 28.3 Å². The van der Waals surface area contributed by atoms with E-state index < -0.39 is 5.97 Å². The molecule has 1 rings (SSSR count). The second-order valence-corrected chi connectivity index (χ2v) is 2.37. The number of hydrogen-bond acceptors (Lipinski definition) is 3. The van der Waals surface area contributed by atoms with Crippen LogP contribution in [0.1, 0.15) is 24.3 Å². The maximum atomic E-state index is 10.3. The summed E-state index contributed by atoms with van der Waals surface area (Å²) in [5.74, 6) is -1.22. The summed E-state index contributed by atoms with van der Waals surface area (Å²) in [6.07, 6.45) is 1.04. The molecular weight excluding hydrogens is 215 g/mol. The van der Waals surface area contributed by atoms with E-state index in [9.17, 15) is 4.79 Å². The van der Waals surface area contributed by atoms with E-state index in [2.05, 4.69) is 9.97 Å². The Hall–Kier alpha value is -0.870. The van der Waals surface area contributed by atoms with Crippen LogP contribution in [0.4, 0.5) is 0 Å². The Balaban J connectivity index is 0.000000671. The van der Waals surface area contributed by atoms with Crippen LogP contribution in [-0.4, -0.2) is 21.0 Å². The van der Waals surface area contributed by atoms with Gasteiger partial charge < -0.3 is 5.11 Å². The van der Waals surface area contributed by atoms with Crippen LogP contribution < -0.4 is 0 Å². The number of carboxylic acid groups (broad SMARTS) is 1. The van der Waals surface area contributed by atoms with E-state index in [0.717, 1.165) is 6.33 Å². The average molecular weight is 223 g/mol. The van der Waals surface area contributed by atoms with Gasteiger partial charge in [0.1, 0.15) is 11.3 Å². The molecule has 0 unspecified atom stereocenters. The number of rotatable bonds is 1. The van der Waals surface area contributed by atoms with Crippen molar-refractivity contribution in [3.63, 3.8) is 0 Å². The van der Waals surface area contributed by atoms with Crippen molar-refractivity contribution >= 4 is 29.2 Å². The lowest BCUT2D eigenvalue weighted by Gasteiger charge is -1.96. The molecule has 0 aliphatic rings. The Morgan fingerprint density at radius 2 is 1.92 bits per heavy atom. The summed E-state index contributed by atoms with van der Waals surface area (Å²) in [5, 5.41) is 8.26. The number of aromatic carboxylic acids is 1. The normalized spacial score (nSPS) is 8.62. The highest BCUT2D eigenvalue weighted by molar-refractivity contribution is 6.42. The molecule has 0 atom stereocenters. The van der Waals surface area contributed by atoms with Gasteiger partial charge in [0.2, 0.25) is 0 Å². The summed E-state index contributed by atoms with van der Waals surface area (Å²) in [7, 11) is 0. The van der Waals surface area contributed by atoms with Crippen LogP contribution in [0.3, 0.4) is 0 Å². The Kier molecular flexibility index (Phi) is 5.34. The zero-order valence-electron chi connectivity index (χ0n) is 7.08. The van der Waals surface area contributed by atoms with E-state index >= 15 is 0 Å². The van der Waals surface area contributed by atoms with E-state index in [1.807, 2.05) is 13.8 Å². The predicted molar refractivity (Wildman–Crippen MR) is 50.4 cm³/mol. The van der Waals surface area contributed by atoms with Crippen molar-refractivity contribution in [1.29, 1.82) is 0 Å². The van der Waals surface area contributed by atoms with Crippen LogP contribution in [0.15, 0.2) is 6.33 Å². The fraction of sp³-hybridized carbons (Fsp3) is 0.286. The third-order valence-electron chi connectivity index (χ3n) is 0.950. The third-order valence-corrected chi connectivity index (χ3v) is 1.69. The lowest BCUT2D eigenvalue weighted by molar-refractivity contribution is 0.0690. The SMILES string of the molecule is CC.O=C(O)c1ncnc(Cl)c1Cl. The maximum Gasteiger partial charge on any atom is 0.356 e. The smallest absolute Gasteiger partial charge is 0.356 e. The summed E-state index contributed by atoms with van der Waals surface area (Å²) >= 11 is 10.9. The monoisotopic (exact) mass is 222 g/mol. The average Bonchev–Trinajstić information content (AvgIpc) is 2.13. The van der Waals surface area contributed by atoms with Gasteiger partial charge in [-0.25, -0.2) is 14.8 Å². The number of hydrogen-bond donors (Lipinski definition) is 1. The van der Waals surface area contributed by atoms with Crippen molar-refractivity contribution in [1.82, 2.24) is 9.97 Å². The molecule has 0 bridgehead atoms. The minimum Gasteiger partial charge on any atom is -0.476 e. The molecule has 0 saturated carbocycles. The lowest BCUT2D eigenvalue weighted by Crippen LogP contribution is -2.01. The first-order valence-electron chi connectivity index (χ1n) is 3.52. The van der Waals surface area contributed by atoms with Gasteiger partial charge in [0.15, 0.2) is 10.8 Å². The number of aromatic nitrogens is 2.